The van der Waals surface area contributed by atoms with Crippen molar-refractivity contribution in [2.24, 2.45) is 5.73 Å². The van der Waals surface area contributed by atoms with Crippen molar-refractivity contribution in [1.82, 2.24) is 24.1 Å². The van der Waals surface area contributed by atoms with E-state index >= 15 is 0 Å². The van der Waals surface area contributed by atoms with Crippen molar-refractivity contribution in [3.63, 3.8) is 0 Å². The zero-order valence-electron chi connectivity index (χ0n) is 20.4. The third-order valence-corrected chi connectivity index (χ3v) is 6.44. The molecule has 0 aliphatic rings. The Hall–Kier alpha value is -4.11. The zero-order valence-corrected chi connectivity index (χ0v) is 21.2. The fourth-order valence-electron chi connectivity index (χ4n) is 3.29. The van der Waals surface area contributed by atoms with Crippen LogP contribution in [-0.4, -0.2) is 47.9 Å². The molecular weight excluding hydrogens is 547 g/mol. The largest absolute Gasteiger partial charge is 0.490 e. The van der Waals surface area contributed by atoms with Gasteiger partial charge in [-0.05, 0) is 36.2 Å². The maximum atomic E-state index is 12.8. The molecule has 39 heavy (non-hydrogen) atoms. The Kier molecular flexibility index (Phi) is 9.53. The first-order valence-corrected chi connectivity index (χ1v) is 12.1. The van der Waals surface area contributed by atoms with Crippen molar-refractivity contribution in [2.45, 2.75) is 32.7 Å². The Morgan fingerprint density at radius 3 is 2.38 bits per heavy atom. The van der Waals surface area contributed by atoms with E-state index in [1.54, 1.807) is 11.3 Å². The first-order chi connectivity index (χ1) is 18.4. The molecule has 3 N–H and O–H groups in total. The molecule has 0 aliphatic heterocycles. The van der Waals surface area contributed by atoms with Gasteiger partial charge in [0.25, 0.3) is 6.08 Å². The molecule has 3 heterocycles. The van der Waals surface area contributed by atoms with E-state index in [9.17, 15) is 26.7 Å². The van der Waals surface area contributed by atoms with Crippen LogP contribution in [-0.2, 0) is 24.4 Å². The molecule has 0 aliphatic carbocycles. The molecule has 0 spiro atoms. The highest BCUT2D eigenvalue weighted by Crippen LogP contribution is 2.31. The van der Waals surface area contributed by atoms with Crippen molar-refractivity contribution in [3.05, 3.63) is 82.1 Å². The van der Waals surface area contributed by atoms with Crippen LogP contribution in [0.5, 0.6) is 0 Å². The van der Waals surface area contributed by atoms with Crippen molar-refractivity contribution >= 4 is 17.3 Å². The minimum atomic E-state index is -5.08. The summed E-state index contributed by atoms with van der Waals surface area (Å²) in [6.45, 7) is 2.53. The molecule has 0 radical (unpaired) electrons. The van der Waals surface area contributed by atoms with Gasteiger partial charge in [-0.2, -0.15) is 32.1 Å². The molecule has 0 atom stereocenters. The minimum absolute atomic E-state index is 0.305. The van der Waals surface area contributed by atoms with Crippen molar-refractivity contribution in [2.75, 3.05) is 6.54 Å². The number of rotatable bonds is 8. The summed E-state index contributed by atoms with van der Waals surface area (Å²) in [7, 11) is 0. The first kappa shape index (κ1) is 29.4. The minimum Gasteiger partial charge on any atom is -0.475 e. The number of carbonyl (C=O) groups is 1. The Labute approximate surface area is 222 Å². The van der Waals surface area contributed by atoms with Crippen LogP contribution in [0.2, 0.25) is 0 Å². The summed E-state index contributed by atoms with van der Waals surface area (Å²) in [6.07, 6.45) is -1.73. The van der Waals surface area contributed by atoms with Crippen LogP contribution in [0.1, 0.15) is 11.8 Å². The quantitative estimate of drug-likeness (QED) is 0.302. The predicted octanol–water partition coefficient (Wildman–Crippen LogP) is 4.45. The molecule has 0 saturated heterocycles. The van der Waals surface area contributed by atoms with Gasteiger partial charge in [0.05, 0.1) is 19.3 Å². The number of thiophene rings is 1. The van der Waals surface area contributed by atoms with Crippen LogP contribution < -0.4 is 11.4 Å². The molecule has 15 heteroatoms. The maximum absolute atomic E-state index is 12.8. The van der Waals surface area contributed by atoms with Gasteiger partial charge in [0.1, 0.15) is 6.33 Å². The van der Waals surface area contributed by atoms with Crippen LogP contribution in [0.3, 0.4) is 0 Å². The van der Waals surface area contributed by atoms with Crippen molar-refractivity contribution < 1.29 is 31.9 Å². The number of aliphatic carboxylic acids is 1. The second-order valence-electron chi connectivity index (χ2n) is 8.00. The van der Waals surface area contributed by atoms with Crippen LogP contribution >= 0.6 is 11.3 Å². The fraction of sp³-hybridized carbons (Fsp3) is 0.250. The van der Waals surface area contributed by atoms with Gasteiger partial charge in [-0.3, -0.25) is 9.25 Å². The lowest BCUT2D eigenvalue weighted by molar-refractivity contribution is -0.192. The van der Waals surface area contributed by atoms with Gasteiger partial charge >= 0.3 is 17.8 Å². The number of aryl methyl sites for hydroxylation is 1. The van der Waals surface area contributed by atoms with Gasteiger partial charge in [0.15, 0.2) is 0 Å². The average molecular weight is 571 g/mol. The number of aromatic nitrogens is 5. The molecule has 0 saturated carbocycles. The summed E-state index contributed by atoms with van der Waals surface area (Å²) in [5.41, 5.74) is 7.77. The number of nitrogens with zero attached hydrogens (tertiary/aromatic N) is 5. The summed E-state index contributed by atoms with van der Waals surface area (Å²) in [5, 5.41) is 15.4. The Bertz CT molecular complexity index is 1510. The second-order valence-corrected chi connectivity index (χ2v) is 9.17. The monoisotopic (exact) mass is 570 g/mol. The lowest BCUT2D eigenvalue weighted by atomic mass is 10.1. The standard InChI is InChI=1S/C22H22F2N6OS.C2HF3O2/c1-2-29-11-18(10-26-29)15-4-3-5-16(8-15)20-7-6-19(32-20)13-28-14-27-30(22(28)31)12-17(9-25)21(23)24;3-2(4,5)1(6)7/h3-8,10-11,14H,2,9,12-13,25H2,1H3;(H,6,7). The van der Waals surface area contributed by atoms with E-state index in [1.807, 2.05) is 54.3 Å². The number of nitrogens with two attached hydrogens (primary N) is 1. The average Bonchev–Trinajstić information content (AvgIpc) is 3.64. The molecule has 3 aromatic heterocycles. The molecule has 208 valence electrons. The first-order valence-electron chi connectivity index (χ1n) is 11.3. The van der Waals surface area contributed by atoms with Gasteiger partial charge in [-0.1, -0.05) is 18.2 Å². The van der Waals surface area contributed by atoms with E-state index < -0.39 is 23.9 Å². The third-order valence-electron chi connectivity index (χ3n) is 5.32. The molecule has 0 unspecified atom stereocenters. The summed E-state index contributed by atoms with van der Waals surface area (Å²) in [5.74, 6) is -2.76. The molecule has 0 fully saturated rings. The smallest absolute Gasteiger partial charge is 0.475 e. The number of benzene rings is 1. The SMILES string of the molecule is CCn1cc(-c2cccc(-c3ccc(Cn4cnn(CC(CN)=C(F)F)c4=O)s3)c2)cn1.O=C(O)C(F)(F)F. The third kappa shape index (κ3) is 7.70. The Morgan fingerprint density at radius 2 is 1.79 bits per heavy atom. The van der Waals surface area contributed by atoms with Crippen LogP contribution in [0.15, 0.2) is 71.6 Å². The number of carboxylic acid groups (broad SMARTS) is 1. The topological polar surface area (TPSA) is 121 Å². The summed E-state index contributed by atoms with van der Waals surface area (Å²) in [4.78, 5) is 23.4. The van der Waals surface area contributed by atoms with Gasteiger partial charge in [0.2, 0.25) is 0 Å². The molecular formula is C24H23F5N6O3S. The van der Waals surface area contributed by atoms with Gasteiger partial charge in [-0.15, -0.1) is 11.3 Å². The number of hydrogen-bond donors (Lipinski definition) is 2. The van der Waals surface area contributed by atoms with E-state index in [-0.39, 0.29) is 18.7 Å². The molecule has 9 nitrogen and oxygen atoms in total. The van der Waals surface area contributed by atoms with Crippen molar-refractivity contribution in [3.8, 4) is 21.6 Å². The van der Waals surface area contributed by atoms with E-state index in [0.717, 1.165) is 37.7 Å². The summed E-state index contributed by atoms with van der Waals surface area (Å²) >= 11 is 1.57. The maximum Gasteiger partial charge on any atom is 0.490 e. The molecule has 4 aromatic rings. The van der Waals surface area contributed by atoms with Crippen LogP contribution in [0.4, 0.5) is 22.0 Å². The molecule has 0 amide bonds. The number of halogens is 5. The van der Waals surface area contributed by atoms with Crippen molar-refractivity contribution in [1.29, 1.82) is 0 Å². The highest BCUT2D eigenvalue weighted by Gasteiger charge is 2.38. The highest BCUT2D eigenvalue weighted by atomic mass is 32.1. The van der Waals surface area contributed by atoms with E-state index in [1.165, 1.54) is 10.9 Å². The number of hydrogen-bond acceptors (Lipinski definition) is 6. The lowest BCUT2D eigenvalue weighted by Gasteiger charge is -2.03. The summed E-state index contributed by atoms with van der Waals surface area (Å²) in [6, 6.07) is 12.2. The second kappa shape index (κ2) is 12.6. The predicted molar refractivity (Wildman–Crippen MR) is 134 cm³/mol. The van der Waals surface area contributed by atoms with Crippen LogP contribution in [0, 0.1) is 0 Å². The highest BCUT2D eigenvalue weighted by molar-refractivity contribution is 7.15. The van der Waals surface area contributed by atoms with Gasteiger partial charge < -0.3 is 10.8 Å². The number of alkyl halides is 3. The zero-order chi connectivity index (χ0) is 28.7. The van der Waals surface area contributed by atoms with E-state index in [4.69, 9.17) is 15.6 Å². The summed E-state index contributed by atoms with van der Waals surface area (Å²) < 4.78 is 61.7. The lowest BCUT2D eigenvalue weighted by Crippen LogP contribution is -2.27. The van der Waals surface area contributed by atoms with Crippen LogP contribution in [0.25, 0.3) is 21.6 Å². The fourth-order valence-corrected chi connectivity index (χ4v) is 4.30. The molecule has 0 bridgehead atoms. The van der Waals surface area contributed by atoms with E-state index in [2.05, 4.69) is 16.3 Å². The number of carboxylic acids is 1. The Morgan fingerprint density at radius 1 is 1.10 bits per heavy atom. The van der Waals surface area contributed by atoms with E-state index in [0.29, 0.717) is 6.54 Å². The van der Waals surface area contributed by atoms with Gasteiger partial charge in [-0.25, -0.2) is 14.3 Å². The molecule has 4 rings (SSSR count). The normalized spacial score (nSPS) is 11.2. The molecule has 1 aromatic carbocycles. The Balaban J connectivity index is 0.000000532. The van der Waals surface area contributed by atoms with Gasteiger partial charge in [0, 0.05) is 40.2 Å².